The number of fused-ring (bicyclic) bond motifs is 1. The van der Waals surface area contributed by atoms with E-state index in [-0.39, 0.29) is 24.5 Å². The maximum atomic E-state index is 13.6. The minimum absolute atomic E-state index is 0.0947. The number of thiophene rings is 1. The number of ether oxygens (including phenoxy) is 1. The largest absolute Gasteiger partial charge is 0.393 e. The van der Waals surface area contributed by atoms with E-state index in [4.69, 9.17) is 20.9 Å². The first kappa shape index (κ1) is 27.1. The summed E-state index contributed by atoms with van der Waals surface area (Å²) in [6.45, 7) is 2.44. The summed E-state index contributed by atoms with van der Waals surface area (Å²) >= 11 is 7.64. The van der Waals surface area contributed by atoms with Gasteiger partial charge in [-0.05, 0) is 61.1 Å². The third-order valence-electron chi connectivity index (χ3n) is 6.99. The van der Waals surface area contributed by atoms with Crippen LogP contribution in [0.25, 0.3) is 0 Å². The third-order valence-corrected chi connectivity index (χ3v) is 8.82. The van der Waals surface area contributed by atoms with E-state index in [1.807, 2.05) is 35.9 Å². The van der Waals surface area contributed by atoms with Crippen LogP contribution in [0.4, 0.5) is 5.82 Å². The maximum absolute atomic E-state index is 13.6. The number of nitrogens with one attached hydrogen (secondary N) is 2. The molecule has 10 nitrogen and oxygen atoms in total. The summed E-state index contributed by atoms with van der Waals surface area (Å²) in [7, 11) is -4.35. The van der Waals surface area contributed by atoms with Gasteiger partial charge in [-0.1, -0.05) is 17.7 Å². The normalized spacial score (nSPS) is 23.3. The standard InChI is InChI=1S/C25H27ClN4O6S2/c1-13-18(24-19-7-16(26)3-2-14(19)4-5-36-24)9-22(37-13)23(32)20-11-27-12-28-25(20)30-17-6-15(21(31)8-17)10-29-38(33,34)35/h2-3,7,9,11-12,15,17,21,24,29,31H,4-6,8,10H2,1H3,(H,27,28,30)(H,33,34,35)/t15-,17-,21+,24+/m1/s1. The fourth-order valence-corrected chi connectivity index (χ4v) is 6.74. The third kappa shape index (κ3) is 5.91. The van der Waals surface area contributed by atoms with Crippen LogP contribution in [0, 0.1) is 12.8 Å². The Hall–Kier alpha value is -2.45. The summed E-state index contributed by atoms with van der Waals surface area (Å²) in [5, 5.41) is 14.2. The van der Waals surface area contributed by atoms with Crippen LogP contribution < -0.4 is 10.0 Å². The molecule has 0 bridgehead atoms. The van der Waals surface area contributed by atoms with Crippen LogP contribution in [0.5, 0.6) is 0 Å². The van der Waals surface area contributed by atoms with Gasteiger partial charge in [0, 0.05) is 34.6 Å². The summed E-state index contributed by atoms with van der Waals surface area (Å²) in [6.07, 6.45) is 3.26. The lowest BCUT2D eigenvalue weighted by Gasteiger charge is -2.26. The van der Waals surface area contributed by atoms with E-state index < -0.39 is 22.3 Å². The number of aromatic nitrogens is 2. The highest BCUT2D eigenvalue weighted by molar-refractivity contribution is 7.83. The summed E-state index contributed by atoms with van der Waals surface area (Å²) in [5.74, 6) is -0.299. The number of hydrogen-bond donors (Lipinski definition) is 4. The zero-order valence-corrected chi connectivity index (χ0v) is 22.8. The smallest absolute Gasteiger partial charge is 0.333 e. The van der Waals surface area contributed by atoms with E-state index in [1.54, 1.807) is 0 Å². The van der Waals surface area contributed by atoms with E-state index in [0.717, 1.165) is 22.4 Å². The Balaban J connectivity index is 1.35. The molecule has 4 N–H and O–H groups in total. The van der Waals surface area contributed by atoms with Crippen LogP contribution in [0.2, 0.25) is 5.02 Å². The highest BCUT2D eigenvalue weighted by Crippen LogP contribution is 2.39. The predicted molar refractivity (Wildman–Crippen MR) is 143 cm³/mol. The minimum atomic E-state index is -4.35. The molecule has 2 aromatic heterocycles. The van der Waals surface area contributed by atoms with Gasteiger partial charge in [-0.3, -0.25) is 9.35 Å². The summed E-state index contributed by atoms with van der Waals surface area (Å²) < 4.78 is 39.1. The molecule has 3 aromatic rings. The van der Waals surface area contributed by atoms with E-state index >= 15 is 0 Å². The van der Waals surface area contributed by atoms with Gasteiger partial charge in [-0.2, -0.15) is 13.1 Å². The molecule has 13 heteroatoms. The monoisotopic (exact) mass is 578 g/mol. The molecular formula is C25H27ClN4O6S2. The molecule has 1 fully saturated rings. The molecule has 1 aromatic carbocycles. The van der Waals surface area contributed by atoms with Crippen LogP contribution in [0.15, 0.2) is 36.8 Å². The summed E-state index contributed by atoms with van der Waals surface area (Å²) in [5.41, 5.74) is 3.39. The Kier molecular flexibility index (Phi) is 7.83. The van der Waals surface area contributed by atoms with Crippen LogP contribution in [-0.4, -0.2) is 59.1 Å². The molecule has 0 saturated heterocycles. The molecule has 202 valence electrons. The molecule has 2 aliphatic rings. The van der Waals surface area contributed by atoms with Crippen LogP contribution in [0.1, 0.15) is 55.7 Å². The van der Waals surface area contributed by atoms with Crippen LogP contribution >= 0.6 is 22.9 Å². The average Bonchev–Trinajstić information content (AvgIpc) is 3.43. The minimum Gasteiger partial charge on any atom is -0.393 e. The van der Waals surface area contributed by atoms with E-state index in [2.05, 4.69) is 15.3 Å². The van der Waals surface area contributed by atoms with Crippen molar-refractivity contribution < 1.29 is 27.6 Å². The Morgan fingerprint density at radius 3 is 2.87 bits per heavy atom. The number of halogens is 1. The van der Waals surface area contributed by atoms with E-state index in [0.29, 0.717) is 40.7 Å². The second kappa shape index (κ2) is 11.0. The van der Waals surface area contributed by atoms with Gasteiger partial charge in [0.25, 0.3) is 0 Å². The van der Waals surface area contributed by atoms with Crippen molar-refractivity contribution in [3.05, 3.63) is 73.8 Å². The molecule has 1 saturated carbocycles. The highest BCUT2D eigenvalue weighted by atomic mass is 35.5. The molecule has 0 unspecified atom stereocenters. The Morgan fingerprint density at radius 2 is 2.08 bits per heavy atom. The van der Waals surface area contributed by atoms with Crippen LogP contribution in [0.3, 0.4) is 0 Å². The lowest BCUT2D eigenvalue weighted by molar-refractivity contribution is 0.0697. The number of aliphatic hydroxyl groups is 1. The van der Waals surface area contributed by atoms with Crippen molar-refractivity contribution in [3.63, 3.8) is 0 Å². The fraction of sp³-hybridized carbons (Fsp3) is 0.400. The number of anilines is 1. The Labute approximate surface area is 229 Å². The molecule has 0 spiro atoms. The van der Waals surface area contributed by atoms with Crippen molar-refractivity contribution in [2.24, 2.45) is 5.92 Å². The summed E-state index contributed by atoms with van der Waals surface area (Å²) in [4.78, 5) is 23.4. The van der Waals surface area contributed by atoms with Gasteiger partial charge in [0.05, 0.1) is 23.2 Å². The SMILES string of the molecule is Cc1sc(C(=O)c2cncnc2N[C@@H]2C[C@H](CNS(=O)(=O)O)[C@@H](O)C2)cc1[C@@H]1OCCc2ccc(Cl)cc21. The zero-order chi connectivity index (χ0) is 27.0. The van der Waals surface area contributed by atoms with Crippen molar-refractivity contribution >= 4 is 44.8 Å². The van der Waals surface area contributed by atoms with Crippen molar-refractivity contribution in [1.29, 1.82) is 0 Å². The van der Waals surface area contributed by atoms with Crippen molar-refractivity contribution in [2.45, 2.75) is 44.4 Å². The number of aryl methyl sites for hydroxylation is 1. The van der Waals surface area contributed by atoms with Gasteiger partial charge in [-0.25, -0.2) is 9.97 Å². The number of carbonyl (C=O) groups excluding carboxylic acids is 1. The lowest BCUT2D eigenvalue weighted by atomic mass is 9.93. The second-order valence-corrected chi connectivity index (χ2v) is 12.5. The molecule has 1 aliphatic carbocycles. The number of ketones is 1. The zero-order valence-electron chi connectivity index (χ0n) is 20.4. The van der Waals surface area contributed by atoms with Gasteiger partial charge in [0.15, 0.2) is 0 Å². The molecule has 0 radical (unpaired) electrons. The van der Waals surface area contributed by atoms with Gasteiger partial charge >= 0.3 is 10.3 Å². The first-order chi connectivity index (χ1) is 18.1. The molecule has 5 rings (SSSR count). The topological polar surface area (TPSA) is 151 Å². The van der Waals surface area contributed by atoms with Gasteiger partial charge < -0.3 is 15.2 Å². The van der Waals surface area contributed by atoms with Gasteiger partial charge in [0.1, 0.15) is 18.2 Å². The number of nitrogens with zero attached hydrogens (tertiary/aromatic N) is 2. The molecule has 1 aliphatic heterocycles. The number of benzene rings is 1. The quantitative estimate of drug-likeness (QED) is 0.233. The van der Waals surface area contributed by atoms with Gasteiger partial charge in [-0.15, -0.1) is 11.3 Å². The van der Waals surface area contributed by atoms with Crippen molar-refractivity contribution in [2.75, 3.05) is 18.5 Å². The van der Waals surface area contributed by atoms with E-state index in [1.165, 1.54) is 29.4 Å². The maximum Gasteiger partial charge on any atom is 0.333 e. The van der Waals surface area contributed by atoms with Crippen molar-refractivity contribution in [3.8, 4) is 0 Å². The first-order valence-corrected chi connectivity index (χ1v) is 14.7. The molecule has 38 heavy (non-hydrogen) atoms. The average molecular weight is 579 g/mol. The number of rotatable bonds is 8. The summed E-state index contributed by atoms with van der Waals surface area (Å²) in [6, 6.07) is 7.41. The Morgan fingerprint density at radius 1 is 1.26 bits per heavy atom. The lowest BCUT2D eigenvalue weighted by Crippen LogP contribution is -2.32. The first-order valence-electron chi connectivity index (χ1n) is 12.1. The van der Waals surface area contributed by atoms with Crippen molar-refractivity contribution in [1.82, 2.24) is 14.7 Å². The second-order valence-electron chi connectivity index (χ2n) is 9.54. The number of aliphatic hydroxyl groups excluding tert-OH is 1. The molecule has 3 heterocycles. The molecule has 0 amide bonds. The molecule has 4 atom stereocenters. The van der Waals surface area contributed by atoms with E-state index in [9.17, 15) is 18.3 Å². The number of carbonyl (C=O) groups is 1. The van der Waals surface area contributed by atoms with Crippen LogP contribution in [-0.2, 0) is 21.5 Å². The number of hydrogen-bond acceptors (Lipinski definition) is 9. The highest BCUT2D eigenvalue weighted by Gasteiger charge is 2.34. The molecular weight excluding hydrogens is 552 g/mol. The fourth-order valence-electron chi connectivity index (χ4n) is 5.13. The Bertz CT molecular complexity index is 1460. The predicted octanol–water partition coefficient (Wildman–Crippen LogP) is 3.34. The van der Waals surface area contributed by atoms with Gasteiger partial charge in [0.2, 0.25) is 5.78 Å².